The van der Waals surface area contributed by atoms with Crippen molar-refractivity contribution in [2.75, 3.05) is 5.73 Å². The third kappa shape index (κ3) is 2.81. The Labute approximate surface area is 113 Å². The summed E-state index contributed by atoms with van der Waals surface area (Å²) in [7, 11) is 0. The second-order valence-electron chi connectivity index (χ2n) is 3.67. The molecular weight excluding hydrogens is 296 g/mol. The summed E-state index contributed by atoms with van der Waals surface area (Å²) >= 11 is 3.34. The molecule has 0 spiro atoms. The fourth-order valence-electron chi connectivity index (χ4n) is 1.45. The average Bonchev–Trinajstić information content (AvgIpc) is 2.34. The molecule has 0 radical (unpaired) electrons. The highest BCUT2D eigenvalue weighted by Crippen LogP contribution is 2.26. The fourth-order valence-corrected chi connectivity index (χ4v) is 1.72. The van der Waals surface area contributed by atoms with Crippen LogP contribution in [0.15, 0.2) is 46.9 Å². The number of anilines is 1. The summed E-state index contributed by atoms with van der Waals surface area (Å²) in [5.41, 5.74) is 11.4. The van der Waals surface area contributed by atoms with Crippen molar-refractivity contribution in [1.82, 2.24) is 0 Å². The lowest BCUT2D eigenvalue weighted by atomic mass is 10.1. The highest BCUT2D eigenvalue weighted by Gasteiger charge is 2.07. The highest BCUT2D eigenvalue weighted by atomic mass is 79.9. The number of ether oxygens (including phenoxy) is 1. The maximum atomic E-state index is 11.2. The fraction of sp³-hybridized carbons (Fsp3) is 0. The van der Waals surface area contributed by atoms with E-state index in [0.717, 1.165) is 4.47 Å². The van der Waals surface area contributed by atoms with Crippen LogP contribution < -0.4 is 16.2 Å². The van der Waals surface area contributed by atoms with Crippen molar-refractivity contribution in [2.24, 2.45) is 5.73 Å². The van der Waals surface area contributed by atoms with E-state index in [-0.39, 0.29) is 5.56 Å². The monoisotopic (exact) mass is 306 g/mol. The Morgan fingerprint density at radius 2 is 1.67 bits per heavy atom. The van der Waals surface area contributed by atoms with Crippen LogP contribution >= 0.6 is 15.9 Å². The molecule has 0 aliphatic heterocycles. The molecule has 0 aromatic heterocycles. The number of halogens is 1. The molecule has 0 fully saturated rings. The lowest BCUT2D eigenvalue weighted by molar-refractivity contribution is 0.100. The van der Waals surface area contributed by atoms with Crippen molar-refractivity contribution in [3.8, 4) is 11.5 Å². The van der Waals surface area contributed by atoms with Gasteiger partial charge in [0.1, 0.15) is 11.5 Å². The Hall–Kier alpha value is -2.01. The van der Waals surface area contributed by atoms with Gasteiger partial charge in [0.2, 0.25) is 0 Å². The van der Waals surface area contributed by atoms with Gasteiger partial charge >= 0.3 is 0 Å². The second-order valence-corrected chi connectivity index (χ2v) is 4.58. The van der Waals surface area contributed by atoms with Crippen LogP contribution in [0.2, 0.25) is 0 Å². The van der Waals surface area contributed by atoms with Gasteiger partial charge in [-0.1, -0.05) is 15.9 Å². The summed E-state index contributed by atoms with van der Waals surface area (Å²) in [4.78, 5) is 11.2. The molecule has 18 heavy (non-hydrogen) atoms. The molecule has 5 heteroatoms. The Morgan fingerprint density at radius 3 is 2.28 bits per heavy atom. The third-order valence-electron chi connectivity index (χ3n) is 2.34. The van der Waals surface area contributed by atoms with E-state index in [1.54, 1.807) is 12.1 Å². The molecule has 92 valence electrons. The van der Waals surface area contributed by atoms with E-state index < -0.39 is 5.91 Å². The molecule has 2 rings (SSSR count). The van der Waals surface area contributed by atoms with Crippen LogP contribution in [0.3, 0.4) is 0 Å². The zero-order valence-electron chi connectivity index (χ0n) is 9.39. The van der Waals surface area contributed by atoms with Crippen molar-refractivity contribution < 1.29 is 9.53 Å². The van der Waals surface area contributed by atoms with Gasteiger partial charge in [-0.3, -0.25) is 4.79 Å². The van der Waals surface area contributed by atoms with E-state index in [1.165, 1.54) is 6.07 Å². The predicted molar refractivity (Wildman–Crippen MR) is 73.6 cm³/mol. The first-order valence-electron chi connectivity index (χ1n) is 5.19. The van der Waals surface area contributed by atoms with Crippen molar-refractivity contribution >= 4 is 27.5 Å². The molecule has 0 aliphatic rings. The van der Waals surface area contributed by atoms with Gasteiger partial charge < -0.3 is 16.2 Å². The Kier molecular flexibility index (Phi) is 3.53. The van der Waals surface area contributed by atoms with E-state index >= 15 is 0 Å². The molecule has 0 bridgehead atoms. The first-order valence-corrected chi connectivity index (χ1v) is 5.98. The van der Waals surface area contributed by atoms with Crippen molar-refractivity contribution in [2.45, 2.75) is 0 Å². The van der Waals surface area contributed by atoms with Crippen LogP contribution in [0, 0.1) is 0 Å². The topological polar surface area (TPSA) is 78.3 Å². The lowest BCUT2D eigenvalue weighted by Gasteiger charge is -2.08. The van der Waals surface area contributed by atoms with E-state index in [2.05, 4.69) is 15.9 Å². The second kappa shape index (κ2) is 5.10. The Morgan fingerprint density at radius 1 is 1.06 bits per heavy atom. The quantitative estimate of drug-likeness (QED) is 0.856. The number of hydrogen-bond acceptors (Lipinski definition) is 3. The van der Waals surface area contributed by atoms with Crippen molar-refractivity contribution in [3.05, 3.63) is 52.5 Å². The van der Waals surface area contributed by atoms with Crippen LogP contribution in [-0.4, -0.2) is 5.91 Å². The Bertz CT molecular complexity index is 582. The molecule has 2 aromatic carbocycles. The van der Waals surface area contributed by atoms with Gasteiger partial charge in [0.25, 0.3) is 5.91 Å². The van der Waals surface area contributed by atoms with Crippen LogP contribution in [0.4, 0.5) is 5.69 Å². The first kappa shape index (κ1) is 12.4. The third-order valence-corrected chi connectivity index (χ3v) is 2.87. The van der Waals surface area contributed by atoms with Crippen molar-refractivity contribution in [1.29, 1.82) is 0 Å². The lowest BCUT2D eigenvalue weighted by Crippen LogP contribution is -2.13. The van der Waals surface area contributed by atoms with Crippen LogP contribution in [0.1, 0.15) is 10.4 Å². The largest absolute Gasteiger partial charge is 0.457 e. The molecule has 4 N–H and O–H groups in total. The van der Waals surface area contributed by atoms with E-state index in [4.69, 9.17) is 16.2 Å². The number of amides is 1. The number of nitrogens with two attached hydrogens (primary N) is 2. The average molecular weight is 307 g/mol. The number of hydrogen-bond donors (Lipinski definition) is 2. The summed E-state index contributed by atoms with van der Waals surface area (Å²) in [6.07, 6.45) is 0. The van der Waals surface area contributed by atoms with Gasteiger partial charge in [0.15, 0.2) is 0 Å². The summed E-state index contributed by atoms with van der Waals surface area (Å²) in [5, 5.41) is 0. The zero-order valence-corrected chi connectivity index (χ0v) is 11.0. The van der Waals surface area contributed by atoms with E-state index in [9.17, 15) is 4.79 Å². The van der Waals surface area contributed by atoms with Gasteiger partial charge in [-0.15, -0.1) is 0 Å². The normalized spacial score (nSPS) is 10.1. The number of primary amides is 1. The first-order chi connectivity index (χ1) is 8.56. The van der Waals surface area contributed by atoms with E-state index in [0.29, 0.717) is 17.2 Å². The SMILES string of the molecule is NC(=O)c1cc(Oc2ccc(Br)cc2)ccc1N. The molecule has 2 aromatic rings. The minimum atomic E-state index is -0.575. The summed E-state index contributed by atoms with van der Waals surface area (Å²) in [6.45, 7) is 0. The molecule has 0 aliphatic carbocycles. The minimum Gasteiger partial charge on any atom is -0.457 e. The molecule has 0 saturated heterocycles. The van der Waals surface area contributed by atoms with E-state index in [1.807, 2.05) is 24.3 Å². The number of carbonyl (C=O) groups excluding carboxylic acids is 1. The summed E-state index contributed by atoms with van der Waals surface area (Å²) < 4.78 is 6.56. The highest BCUT2D eigenvalue weighted by molar-refractivity contribution is 9.10. The standard InChI is InChI=1S/C13H11BrN2O2/c14-8-1-3-9(4-2-8)18-10-5-6-12(15)11(7-10)13(16)17/h1-7H,15H2,(H2,16,17). The Balaban J connectivity index is 2.27. The van der Waals surface area contributed by atoms with Crippen LogP contribution in [0.25, 0.3) is 0 Å². The molecule has 1 amide bonds. The smallest absolute Gasteiger partial charge is 0.250 e. The number of benzene rings is 2. The summed E-state index contributed by atoms with van der Waals surface area (Å²) in [5.74, 6) is 0.604. The van der Waals surface area contributed by atoms with Gasteiger partial charge in [-0.25, -0.2) is 0 Å². The summed E-state index contributed by atoms with van der Waals surface area (Å²) in [6, 6.07) is 12.1. The number of carbonyl (C=O) groups is 1. The molecule has 4 nitrogen and oxygen atoms in total. The predicted octanol–water partition coefficient (Wildman–Crippen LogP) is 2.92. The minimum absolute atomic E-state index is 0.254. The van der Waals surface area contributed by atoms with Crippen molar-refractivity contribution in [3.63, 3.8) is 0 Å². The zero-order chi connectivity index (χ0) is 13.1. The molecular formula is C13H11BrN2O2. The van der Waals surface area contributed by atoms with Gasteiger partial charge in [0, 0.05) is 10.2 Å². The molecule has 0 saturated carbocycles. The maximum absolute atomic E-state index is 11.2. The number of nitrogen functional groups attached to an aromatic ring is 1. The van der Waals surface area contributed by atoms with Gasteiger partial charge in [-0.05, 0) is 42.5 Å². The van der Waals surface area contributed by atoms with Crippen LogP contribution in [0.5, 0.6) is 11.5 Å². The molecule has 0 heterocycles. The molecule has 0 atom stereocenters. The van der Waals surface area contributed by atoms with Gasteiger partial charge in [-0.2, -0.15) is 0 Å². The number of rotatable bonds is 3. The van der Waals surface area contributed by atoms with Gasteiger partial charge in [0.05, 0.1) is 5.56 Å². The maximum Gasteiger partial charge on any atom is 0.250 e. The molecule has 0 unspecified atom stereocenters. The van der Waals surface area contributed by atoms with Crippen LogP contribution in [-0.2, 0) is 0 Å².